The summed E-state index contributed by atoms with van der Waals surface area (Å²) >= 11 is 9.39. The smallest absolute Gasteiger partial charge is 0.131 e. The van der Waals surface area contributed by atoms with Crippen LogP contribution in [0.5, 0.6) is 0 Å². The molecule has 0 saturated heterocycles. The lowest BCUT2D eigenvalue weighted by molar-refractivity contribution is 0.222. The van der Waals surface area contributed by atoms with E-state index in [9.17, 15) is 9.50 Å². The number of aliphatic hydroxyl groups excluding tert-OH is 1. The molecule has 4 heteroatoms. The highest BCUT2D eigenvalue weighted by molar-refractivity contribution is 9.10. The Morgan fingerprint density at radius 1 is 1.00 bits per heavy atom. The highest BCUT2D eigenvalue weighted by atomic mass is 79.9. The van der Waals surface area contributed by atoms with Gasteiger partial charge in [0.1, 0.15) is 11.9 Å². The van der Waals surface area contributed by atoms with Crippen LogP contribution in [0.25, 0.3) is 10.8 Å². The standard InChI is InChI=1S/C17H11BrClFO/c18-14-7-5-10(9-15(14)19)17(21)13-6-8-16(20)12-4-2-1-3-11(12)13/h1-9,17,21H. The number of fused-ring (bicyclic) bond motifs is 1. The molecule has 3 aromatic rings. The monoisotopic (exact) mass is 364 g/mol. The summed E-state index contributed by atoms with van der Waals surface area (Å²) in [4.78, 5) is 0. The molecule has 1 unspecified atom stereocenters. The molecule has 106 valence electrons. The van der Waals surface area contributed by atoms with Gasteiger partial charge in [-0.1, -0.05) is 48.0 Å². The van der Waals surface area contributed by atoms with Gasteiger partial charge < -0.3 is 5.11 Å². The fraction of sp³-hybridized carbons (Fsp3) is 0.0588. The van der Waals surface area contributed by atoms with Crippen LogP contribution in [0.4, 0.5) is 4.39 Å². The maximum atomic E-state index is 13.8. The van der Waals surface area contributed by atoms with Gasteiger partial charge in [-0.25, -0.2) is 4.39 Å². The highest BCUT2D eigenvalue weighted by Gasteiger charge is 2.16. The number of halogens is 3. The Labute approximate surface area is 135 Å². The molecule has 1 atom stereocenters. The third-order valence-corrected chi connectivity index (χ3v) is 4.69. The molecule has 0 fully saturated rings. The molecule has 0 radical (unpaired) electrons. The van der Waals surface area contributed by atoms with E-state index in [0.717, 1.165) is 4.47 Å². The third-order valence-electron chi connectivity index (χ3n) is 3.46. The number of benzene rings is 3. The van der Waals surface area contributed by atoms with E-state index in [2.05, 4.69) is 15.9 Å². The Morgan fingerprint density at radius 2 is 1.71 bits per heavy atom. The third kappa shape index (κ3) is 2.69. The van der Waals surface area contributed by atoms with Crippen molar-refractivity contribution < 1.29 is 9.50 Å². The zero-order valence-electron chi connectivity index (χ0n) is 10.9. The largest absolute Gasteiger partial charge is 0.384 e. The molecule has 3 rings (SSSR count). The van der Waals surface area contributed by atoms with Gasteiger partial charge in [-0.3, -0.25) is 0 Å². The molecular formula is C17H11BrClFO. The minimum Gasteiger partial charge on any atom is -0.384 e. The Bertz CT molecular complexity index is 819. The lowest BCUT2D eigenvalue weighted by Gasteiger charge is -2.15. The molecule has 0 bridgehead atoms. The average Bonchev–Trinajstić information content (AvgIpc) is 2.50. The topological polar surface area (TPSA) is 20.2 Å². The predicted octanol–water partition coefficient (Wildman–Crippen LogP) is 5.48. The maximum absolute atomic E-state index is 13.8. The molecule has 0 aliphatic rings. The summed E-state index contributed by atoms with van der Waals surface area (Å²) < 4.78 is 14.6. The van der Waals surface area contributed by atoms with E-state index in [4.69, 9.17) is 11.6 Å². The van der Waals surface area contributed by atoms with E-state index < -0.39 is 6.10 Å². The summed E-state index contributed by atoms with van der Waals surface area (Å²) in [5.41, 5.74) is 1.32. The second-order valence-corrected chi connectivity index (χ2v) is 6.02. The predicted molar refractivity (Wildman–Crippen MR) is 87.1 cm³/mol. The Kier molecular flexibility index (Phi) is 3.98. The average molecular weight is 366 g/mol. The molecule has 0 aliphatic carbocycles. The van der Waals surface area contributed by atoms with Crippen molar-refractivity contribution in [3.05, 3.63) is 81.0 Å². The molecule has 0 heterocycles. The first kappa shape index (κ1) is 14.5. The molecule has 0 aromatic heterocycles. The minimum atomic E-state index is -0.860. The van der Waals surface area contributed by atoms with Crippen molar-refractivity contribution in [1.29, 1.82) is 0 Å². The van der Waals surface area contributed by atoms with E-state index in [0.29, 0.717) is 26.9 Å². The maximum Gasteiger partial charge on any atom is 0.131 e. The van der Waals surface area contributed by atoms with Crippen LogP contribution in [0.2, 0.25) is 5.02 Å². The summed E-state index contributed by atoms with van der Waals surface area (Å²) in [6.45, 7) is 0. The number of aliphatic hydroxyl groups is 1. The van der Waals surface area contributed by atoms with Crippen molar-refractivity contribution in [3.8, 4) is 0 Å². The summed E-state index contributed by atoms with van der Waals surface area (Å²) in [6.07, 6.45) is -0.860. The van der Waals surface area contributed by atoms with Gasteiger partial charge in [0.2, 0.25) is 0 Å². The van der Waals surface area contributed by atoms with Crippen molar-refractivity contribution in [1.82, 2.24) is 0 Å². The van der Waals surface area contributed by atoms with Crippen molar-refractivity contribution in [3.63, 3.8) is 0 Å². The summed E-state index contributed by atoms with van der Waals surface area (Å²) in [6, 6.07) is 15.4. The van der Waals surface area contributed by atoms with E-state index in [1.165, 1.54) is 6.07 Å². The van der Waals surface area contributed by atoms with Crippen LogP contribution in [-0.2, 0) is 0 Å². The van der Waals surface area contributed by atoms with Crippen LogP contribution in [0, 0.1) is 5.82 Å². The van der Waals surface area contributed by atoms with Crippen LogP contribution in [0.15, 0.2) is 59.1 Å². The highest BCUT2D eigenvalue weighted by Crippen LogP contribution is 2.33. The van der Waals surface area contributed by atoms with Crippen LogP contribution in [0.3, 0.4) is 0 Å². The number of hydrogen-bond donors (Lipinski definition) is 1. The van der Waals surface area contributed by atoms with E-state index in [1.54, 1.807) is 42.5 Å². The van der Waals surface area contributed by atoms with Crippen LogP contribution in [0.1, 0.15) is 17.2 Å². The molecule has 21 heavy (non-hydrogen) atoms. The van der Waals surface area contributed by atoms with Gasteiger partial charge in [0.25, 0.3) is 0 Å². The van der Waals surface area contributed by atoms with Crippen molar-refractivity contribution in [2.75, 3.05) is 0 Å². The molecule has 0 aliphatic heterocycles. The van der Waals surface area contributed by atoms with Crippen molar-refractivity contribution in [2.24, 2.45) is 0 Å². The van der Waals surface area contributed by atoms with Gasteiger partial charge in [-0.15, -0.1) is 0 Å². The minimum absolute atomic E-state index is 0.296. The van der Waals surface area contributed by atoms with Gasteiger partial charge in [0.15, 0.2) is 0 Å². The Balaban J connectivity index is 2.15. The zero-order valence-corrected chi connectivity index (χ0v) is 13.2. The fourth-order valence-electron chi connectivity index (χ4n) is 2.39. The molecule has 1 nitrogen and oxygen atoms in total. The van der Waals surface area contributed by atoms with Gasteiger partial charge in [0.05, 0.1) is 5.02 Å². The normalized spacial score (nSPS) is 12.6. The zero-order chi connectivity index (χ0) is 15.0. The summed E-state index contributed by atoms with van der Waals surface area (Å²) in [5, 5.41) is 12.3. The molecular weight excluding hydrogens is 355 g/mol. The quantitative estimate of drug-likeness (QED) is 0.638. The van der Waals surface area contributed by atoms with Gasteiger partial charge >= 0.3 is 0 Å². The van der Waals surface area contributed by atoms with Crippen molar-refractivity contribution in [2.45, 2.75) is 6.10 Å². The first-order valence-electron chi connectivity index (χ1n) is 6.38. The van der Waals surface area contributed by atoms with Crippen LogP contribution < -0.4 is 0 Å². The molecule has 1 N–H and O–H groups in total. The molecule has 0 amide bonds. The van der Waals surface area contributed by atoms with Crippen LogP contribution >= 0.6 is 27.5 Å². The lowest BCUT2D eigenvalue weighted by atomic mass is 9.95. The Hall–Kier alpha value is -1.42. The summed E-state index contributed by atoms with van der Waals surface area (Å²) in [5.74, 6) is -0.296. The second-order valence-electron chi connectivity index (χ2n) is 4.76. The Morgan fingerprint density at radius 3 is 2.43 bits per heavy atom. The first-order chi connectivity index (χ1) is 10.1. The first-order valence-corrected chi connectivity index (χ1v) is 7.55. The van der Waals surface area contributed by atoms with Gasteiger partial charge in [0, 0.05) is 9.86 Å². The lowest BCUT2D eigenvalue weighted by Crippen LogP contribution is -2.01. The fourth-order valence-corrected chi connectivity index (χ4v) is 2.82. The number of rotatable bonds is 2. The van der Waals surface area contributed by atoms with Gasteiger partial charge in [-0.05, 0) is 50.6 Å². The molecule has 0 spiro atoms. The van der Waals surface area contributed by atoms with E-state index in [1.807, 2.05) is 6.07 Å². The van der Waals surface area contributed by atoms with Gasteiger partial charge in [-0.2, -0.15) is 0 Å². The SMILES string of the molecule is OC(c1ccc(Br)c(Cl)c1)c1ccc(F)c2ccccc12. The molecule has 3 aromatic carbocycles. The van der Waals surface area contributed by atoms with E-state index >= 15 is 0 Å². The summed E-state index contributed by atoms with van der Waals surface area (Å²) in [7, 11) is 0. The molecule has 0 saturated carbocycles. The van der Waals surface area contributed by atoms with Crippen molar-refractivity contribution >= 4 is 38.3 Å². The second kappa shape index (κ2) is 5.76. The number of hydrogen-bond acceptors (Lipinski definition) is 1. The van der Waals surface area contributed by atoms with Crippen LogP contribution in [-0.4, -0.2) is 5.11 Å². The van der Waals surface area contributed by atoms with E-state index in [-0.39, 0.29) is 5.82 Å².